The minimum absolute atomic E-state index is 0. The van der Waals surface area contributed by atoms with Crippen LogP contribution in [0.2, 0.25) is 0 Å². The fraction of sp³-hybridized carbons (Fsp3) is 0.773. The Bertz CT molecular complexity index is 605. The van der Waals surface area contributed by atoms with Crippen LogP contribution in [0.5, 0.6) is 0 Å². The summed E-state index contributed by atoms with van der Waals surface area (Å²) in [5.41, 5.74) is 0. The normalized spacial score (nSPS) is 18.5. The van der Waals surface area contributed by atoms with Gasteiger partial charge in [0.25, 0.3) is 0 Å². The van der Waals surface area contributed by atoms with Crippen molar-refractivity contribution in [1.29, 1.82) is 0 Å². The van der Waals surface area contributed by atoms with Gasteiger partial charge in [-0.05, 0) is 32.3 Å². The van der Waals surface area contributed by atoms with Gasteiger partial charge in [0.2, 0.25) is 5.95 Å². The quantitative estimate of drug-likeness (QED) is 0.203. The molecule has 3 rings (SSSR count). The molecule has 0 atom stereocenters. The third-order valence-corrected chi connectivity index (χ3v) is 5.75. The Morgan fingerprint density at radius 3 is 2.55 bits per heavy atom. The molecule has 176 valence electrons. The van der Waals surface area contributed by atoms with Crippen LogP contribution in [0.25, 0.3) is 0 Å². The first-order chi connectivity index (χ1) is 14.8. The molecule has 2 heterocycles. The number of aliphatic imine (C=N–C) groups is 1. The van der Waals surface area contributed by atoms with Crippen molar-refractivity contribution in [2.45, 2.75) is 51.6 Å². The Hall–Kier alpha value is -1.20. The molecule has 1 saturated heterocycles. The summed E-state index contributed by atoms with van der Waals surface area (Å²) in [6.45, 7) is 10.5. The average molecular weight is 546 g/mol. The number of hydrogen-bond donors (Lipinski definition) is 2. The predicted octanol–water partition coefficient (Wildman–Crippen LogP) is 2.51. The van der Waals surface area contributed by atoms with E-state index in [0.29, 0.717) is 6.10 Å². The molecule has 1 aromatic rings. The summed E-state index contributed by atoms with van der Waals surface area (Å²) in [6.07, 6.45) is 11.6. The van der Waals surface area contributed by atoms with Gasteiger partial charge < -0.3 is 20.3 Å². The molecule has 2 aliphatic rings. The van der Waals surface area contributed by atoms with Gasteiger partial charge in [0.05, 0.1) is 6.10 Å². The molecular weight excluding hydrogens is 505 g/mol. The highest BCUT2D eigenvalue weighted by atomic mass is 127. The number of piperazine rings is 1. The van der Waals surface area contributed by atoms with Gasteiger partial charge in [0.15, 0.2) is 5.96 Å². The summed E-state index contributed by atoms with van der Waals surface area (Å²) in [5, 5.41) is 6.81. The van der Waals surface area contributed by atoms with Crippen molar-refractivity contribution in [2.24, 2.45) is 4.99 Å². The molecule has 1 aliphatic heterocycles. The number of aromatic nitrogens is 2. The summed E-state index contributed by atoms with van der Waals surface area (Å²) in [4.78, 5) is 18.1. The number of nitrogens with zero attached hydrogens (tertiary/aromatic N) is 5. The van der Waals surface area contributed by atoms with Crippen molar-refractivity contribution in [1.82, 2.24) is 25.5 Å². The van der Waals surface area contributed by atoms with Crippen molar-refractivity contribution in [2.75, 3.05) is 63.9 Å². The Morgan fingerprint density at radius 1 is 1.10 bits per heavy atom. The van der Waals surface area contributed by atoms with E-state index in [9.17, 15) is 0 Å². The summed E-state index contributed by atoms with van der Waals surface area (Å²) in [5.74, 6) is 1.75. The minimum Gasteiger partial charge on any atom is -0.378 e. The molecule has 1 aliphatic carbocycles. The second kappa shape index (κ2) is 15.6. The zero-order chi connectivity index (χ0) is 20.9. The lowest BCUT2D eigenvalue weighted by atomic mass is 9.98. The molecule has 2 N–H and O–H groups in total. The maximum Gasteiger partial charge on any atom is 0.225 e. The Kier molecular flexibility index (Phi) is 13.1. The van der Waals surface area contributed by atoms with Crippen LogP contribution in [0.4, 0.5) is 5.95 Å². The number of halogens is 1. The minimum atomic E-state index is 0. The Balaban J connectivity index is 0.00000341. The molecule has 2 fully saturated rings. The topological polar surface area (TPSA) is 77.9 Å². The molecule has 0 amide bonds. The highest BCUT2D eigenvalue weighted by Crippen LogP contribution is 2.20. The fourth-order valence-corrected chi connectivity index (χ4v) is 4.04. The van der Waals surface area contributed by atoms with Crippen molar-refractivity contribution >= 4 is 35.9 Å². The Labute approximate surface area is 204 Å². The van der Waals surface area contributed by atoms with E-state index in [4.69, 9.17) is 9.73 Å². The lowest BCUT2D eigenvalue weighted by Gasteiger charge is -2.34. The lowest BCUT2D eigenvalue weighted by molar-refractivity contribution is 0.0281. The van der Waals surface area contributed by atoms with E-state index in [1.165, 1.54) is 32.1 Å². The smallest absolute Gasteiger partial charge is 0.225 e. The van der Waals surface area contributed by atoms with Crippen LogP contribution in [-0.2, 0) is 4.74 Å². The van der Waals surface area contributed by atoms with Gasteiger partial charge in [0.1, 0.15) is 0 Å². The van der Waals surface area contributed by atoms with Crippen LogP contribution in [0.15, 0.2) is 23.5 Å². The van der Waals surface area contributed by atoms with Gasteiger partial charge in [-0.15, -0.1) is 24.0 Å². The van der Waals surface area contributed by atoms with E-state index in [2.05, 4.69) is 37.3 Å². The number of rotatable bonds is 10. The first-order valence-electron chi connectivity index (χ1n) is 11.7. The summed E-state index contributed by atoms with van der Waals surface area (Å²) in [6, 6.07) is 1.86. The van der Waals surface area contributed by atoms with Gasteiger partial charge in [0, 0.05) is 71.4 Å². The molecule has 0 aromatic carbocycles. The van der Waals surface area contributed by atoms with Crippen molar-refractivity contribution in [3.8, 4) is 0 Å². The molecule has 1 saturated carbocycles. The van der Waals surface area contributed by atoms with Gasteiger partial charge in [-0.3, -0.25) is 9.89 Å². The molecule has 0 spiro atoms. The van der Waals surface area contributed by atoms with E-state index >= 15 is 0 Å². The number of anilines is 1. The van der Waals surface area contributed by atoms with Gasteiger partial charge >= 0.3 is 0 Å². The van der Waals surface area contributed by atoms with Crippen molar-refractivity contribution in [3.63, 3.8) is 0 Å². The first-order valence-corrected chi connectivity index (χ1v) is 11.7. The van der Waals surface area contributed by atoms with Gasteiger partial charge in [-0.1, -0.05) is 19.3 Å². The van der Waals surface area contributed by atoms with E-state index < -0.39 is 0 Å². The number of ether oxygens (including phenoxy) is 1. The molecule has 0 radical (unpaired) electrons. The number of guanidine groups is 1. The van der Waals surface area contributed by atoms with E-state index in [-0.39, 0.29) is 24.0 Å². The number of hydrogen-bond acceptors (Lipinski definition) is 6. The number of nitrogens with one attached hydrogen (secondary N) is 2. The summed E-state index contributed by atoms with van der Waals surface area (Å²) < 4.78 is 6.00. The monoisotopic (exact) mass is 545 g/mol. The third-order valence-electron chi connectivity index (χ3n) is 5.75. The predicted molar refractivity (Wildman–Crippen MR) is 138 cm³/mol. The molecule has 9 heteroatoms. The lowest BCUT2D eigenvalue weighted by Crippen LogP contribution is -2.49. The van der Waals surface area contributed by atoms with E-state index in [1.807, 2.05) is 18.5 Å². The second-order valence-electron chi connectivity index (χ2n) is 8.05. The van der Waals surface area contributed by atoms with Crippen LogP contribution in [0, 0.1) is 0 Å². The standard InChI is InChI=1S/C22H39N7O.HI/c1-2-23-21(24-12-7-19-30-20-8-4-3-5-9-20)25-13-14-28-15-17-29(18-16-28)22-26-10-6-11-27-22;/h6,10-11,20H,2-5,7-9,12-19H2,1H3,(H2,23,24,25);1H. The molecule has 8 nitrogen and oxygen atoms in total. The first kappa shape index (κ1) is 26.1. The fourth-order valence-electron chi connectivity index (χ4n) is 4.04. The molecule has 0 bridgehead atoms. The molecule has 31 heavy (non-hydrogen) atoms. The zero-order valence-corrected chi connectivity index (χ0v) is 21.3. The van der Waals surface area contributed by atoms with E-state index in [1.54, 1.807) is 0 Å². The van der Waals surface area contributed by atoms with Crippen LogP contribution in [0.1, 0.15) is 45.4 Å². The molecule has 1 aromatic heterocycles. The molecular formula is C22H40IN7O. The summed E-state index contributed by atoms with van der Waals surface area (Å²) >= 11 is 0. The highest BCUT2D eigenvalue weighted by Gasteiger charge is 2.18. The third kappa shape index (κ3) is 9.86. The zero-order valence-electron chi connectivity index (χ0n) is 19.0. The van der Waals surface area contributed by atoms with Crippen LogP contribution in [-0.4, -0.2) is 85.9 Å². The maximum absolute atomic E-state index is 6.00. The highest BCUT2D eigenvalue weighted by molar-refractivity contribution is 14.0. The van der Waals surface area contributed by atoms with Crippen molar-refractivity contribution < 1.29 is 4.74 Å². The Morgan fingerprint density at radius 2 is 1.84 bits per heavy atom. The molecule has 0 unspecified atom stereocenters. The van der Waals surface area contributed by atoms with Crippen molar-refractivity contribution in [3.05, 3.63) is 18.5 Å². The average Bonchev–Trinajstić information content (AvgIpc) is 2.80. The van der Waals surface area contributed by atoms with E-state index in [0.717, 1.165) is 77.3 Å². The van der Waals surface area contributed by atoms with Crippen LogP contribution in [0.3, 0.4) is 0 Å². The second-order valence-corrected chi connectivity index (χ2v) is 8.05. The van der Waals surface area contributed by atoms with Gasteiger partial charge in [-0.25, -0.2) is 9.97 Å². The SMILES string of the molecule is CCNC(=NCCCOC1CCCCC1)NCCN1CCN(c2ncccn2)CC1.I. The van der Waals surface area contributed by atoms with Crippen LogP contribution < -0.4 is 15.5 Å². The maximum atomic E-state index is 6.00. The summed E-state index contributed by atoms with van der Waals surface area (Å²) in [7, 11) is 0. The van der Waals surface area contributed by atoms with Gasteiger partial charge in [-0.2, -0.15) is 0 Å². The largest absolute Gasteiger partial charge is 0.378 e. The van der Waals surface area contributed by atoms with Crippen LogP contribution >= 0.6 is 24.0 Å².